The number of hydrogen-bond donors (Lipinski definition) is 1. The molecule has 0 saturated heterocycles. The second-order valence-corrected chi connectivity index (χ2v) is 9.73. The van der Waals surface area contributed by atoms with Gasteiger partial charge in [0.2, 0.25) is 0 Å². The molecular formula is C23H33NO3. The Labute approximate surface area is 162 Å². The van der Waals surface area contributed by atoms with E-state index in [1.807, 2.05) is 6.92 Å². The average molecular weight is 372 g/mol. The molecule has 4 rings (SSSR count). The first-order valence-corrected chi connectivity index (χ1v) is 10.6. The second kappa shape index (κ2) is 6.49. The fourth-order valence-electron chi connectivity index (χ4n) is 7.14. The molecule has 1 N–H and O–H groups in total. The van der Waals surface area contributed by atoms with Gasteiger partial charge in [-0.15, -0.1) is 0 Å². The van der Waals surface area contributed by atoms with E-state index in [0.29, 0.717) is 17.8 Å². The van der Waals surface area contributed by atoms with E-state index in [9.17, 15) is 10.0 Å². The molecule has 4 nitrogen and oxygen atoms in total. The van der Waals surface area contributed by atoms with Gasteiger partial charge in [-0.3, -0.25) is 4.79 Å². The average Bonchev–Trinajstić information content (AvgIpc) is 2.98. The zero-order valence-electron chi connectivity index (χ0n) is 17.1. The standard InChI is InChI=1S/C23H33NO3/c1-14(24-26)19-7-8-20-18-6-5-16-13-17(27-15(2)25)9-11-22(16,3)21(18)10-12-23(19,20)4/h5,7,17-18,20-21,26H,6,8-13H2,1-4H3/b24-14-/t17-,18+,20+,21-,22-,23+/m0/s1. The molecule has 0 spiro atoms. The SMILES string of the molecule is CC(=O)O[C@H]1CC[C@@]2(C)C(=CC[C@@H]3[C@H]4CC=C(/C(C)=N\O)[C@@]4(C)CC[C@@H]32)C1. The van der Waals surface area contributed by atoms with Gasteiger partial charge in [0.25, 0.3) is 0 Å². The number of carbonyl (C=O) groups excluding carboxylic acids is 1. The van der Waals surface area contributed by atoms with Crippen LogP contribution in [0.1, 0.15) is 72.6 Å². The Morgan fingerprint density at radius 3 is 2.56 bits per heavy atom. The Morgan fingerprint density at radius 1 is 1.11 bits per heavy atom. The fraction of sp³-hybridized carbons (Fsp3) is 0.739. The van der Waals surface area contributed by atoms with Crippen LogP contribution in [0, 0.1) is 28.6 Å². The molecule has 148 valence electrons. The van der Waals surface area contributed by atoms with Crippen molar-refractivity contribution < 1.29 is 14.7 Å². The maximum Gasteiger partial charge on any atom is 0.302 e. The van der Waals surface area contributed by atoms with E-state index < -0.39 is 0 Å². The van der Waals surface area contributed by atoms with Crippen LogP contribution in [-0.2, 0) is 9.53 Å². The third kappa shape index (κ3) is 2.78. The van der Waals surface area contributed by atoms with Crippen LogP contribution < -0.4 is 0 Å². The molecule has 4 aliphatic carbocycles. The molecule has 0 aromatic carbocycles. The van der Waals surface area contributed by atoms with Gasteiger partial charge in [-0.05, 0) is 79.6 Å². The summed E-state index contributed by atoms with van der Waals surface area (Å²) in [5.74, 6) is 1.90. The maximum atomic E-state index is 11.4. The van der Waals surface area contributed by atoms with Crippen molar-refractivity contribution in [2.24, 2.45) is 33.7 Å². The van der Waals surface area contributed by atoms with Gasteiger partial charge in [0.1, 0.15) is 6.10 Å². The first kappa shape index (κ1) is 18.8. The number of allylic oxidation sites excluding steroid dienone is 3. The van der Waals surface area contributed by atoms with E-state index in [1.165, 1.54) is 30.9 Å². The fourth-order valence-corrected chi connectivity index (χ4v) is 7.14. The van der Waals surface area contributed by atoms with Gasteiger partial charge in [0.15, 0.2) is 0 Å². The minimum Gasteiger partial charge on any atom is -0.462 e. The first-order chi connectivity index (χ1) is 12.8. The molecule has 0 amide bonds. The Hall–Kier alpha value is -1.58. The Morgan fingerprint density at radius 2 is 1.85 bits per heavy atom. The molecule has 0 radical (unpaired) electrons. The highest BCUT2D eigenvalue weighted by Crippen LogP contribution is 2.65. The van der Waals surface area contributed by atoms with Crippen LogP contribution in [0.3, 0.4) is 0 Å². The molecule has 6 atom stereocenters. The number of rotatable bonds is 2. The lowest BCUT2D eigenvalue weighted by Crippen LogP contribution is -2.50. The summed E-state index contributed by atoms with van der Waals surface area (Å²) in [5.41, 5.74) is 3.99. The number of nitrogens with zero attached hydrogens (tertiary/aromatic N) is 1. The van der Waals surface area contributed by atoms with Crippen LogP contribution >= 0.6 is 0 Å². The lowest BCUT2D eigenvalue weighted by molar-refractivity contribution is -0.148. The summed E-state index contributed by atoms with van der Waals surface area (Å²) in [7, 11) is 0. The summed E-state index contributed by atoms with van der Waals surface area (Å²) < 4.78 is 5.53. The van der Waals surface area contributed by atoms with Crippen molar-refractivity contribution >= 4 is 11.7 Å². The number of fused-ring (bicyclic) bond motifs is 5. The normalized spacial score (nSPS) is 43.8. The van der Waals surface area contributed by atoms with Crippen molar-refractivity contribution in [2.75, 3.05) is 0 Å². The molecule has 0 bridgehead atoms. The third-order valence-corrected chi connectivity index (χ3v) is 8.51. The lowest BCUT2D eigenvalue weighted by Gasteiger charge is -2.57. The van der Waals surface area contributed by atoms with Crippen molar-refractivity contribution in [1.82, 2.24) is 0 Å². The monoisotopic (exact) mass is 371 g/mol. The Balaban J connectivity index is 1.59. The van der Waals surface area contributed by atoms with Gasteiger partial charge in [-0.25, -0.2) is 0 Å². The van der Waals surface area contributed by atoms with Crippen molar-refractivity contribution in [3.63, 3.8) is 0 Å². The van der Waals surface area contributed by atoms with E-state index in [4.69, 9.17) is 4.74 Å². The Bertz CT molecular complexity index is 736. The predicted molar refractivity (Wildman–Crippen MR) is 106 cm³/mol. The Kier molecular flexibility index (Phi) is 4.51. The summed E-state index contributed by atoms with van der Waals surface area (Å²) in [6.45, 7) is 8.30. The smallest absolute Gasteiger partial charge is 0.302 e. The minimum absolute atomic E-state index is 0.0652. The lowest BCUT2D eigenvalue weighted by atomic mass is 9.47. The molecular weight excluding hydrogens is 338 g/mol. The zero-order chi connectivity index (χ0) is 19.4. The number of oxime groups is 1. The number of carbonyl (C=O) groups is 1. The predicted octanol–water partition coefficient (Wildman–Crippen LogP) is 5.27. The van der Waals surface area contributed by atoms with Crippen molar-refractivity contribution in [1.29, 1.82) is 0 Å². The van der Waals surface area contributed by atoms with E-state index in [0.717, 1.165) is 37.8 Å². The quantitative estimate of drug-likeness (QED) is 0.237. The summed E-state index contributed by atoms with van der Waals surface area (Å²) in [6.07, 6.45) is 12.6. The number of hydrogen-bond acceptors (Lipinski definition) is 4. The summed E-state index contributed by atoms with van der Waals surface area (Å²) in [6, 6.07) is 0. The molecule has 0 unspecified atom stereocenters. The highest BCUT2D eigenvalue weighted by atomic mass is 16.5. The first-order valence-electron chi connectivity index (χ1n) is 10.6. The van der Waals surface area contributed by atoms with Crippen LogP contribution in [0.15, 0.2) is 28.5 Å². The van der Waals surface area contributed by atoms with E-state index in [2.05, 4.69) is 31.2 Å². The maximum absolute atomic E-state index is 11.4. The van der Waals surface area contributed by atoms with Crippen molar-refractivity contribution in [3.8, 4) is 0 Å². The van der Waals surface area contributed by atoms with Gasteiger partial charge in [-0.2, -0.15) is 0 Å². The van der Waals surface area contributed by atoms with Crippen molar-refractivity contribution in [2.45, 2.75) is 78.7 Å². The molecule has 2 saturated carbocycles. The van der Waals surface area contributed by atoms with Crippen molar-refractivity contribution in [3.05, 3.63) is 23.3 Å². The van der Waals surface area contributed by atoms with Gasteiger partial charge < -0.3 is 9.94 Å². The van der Waals surface area contributed by atoms with Gasteiger partial charge >= 0.3 is 5.97 Å². The molecule has 4 heteroatoms. The molecule has 4 aliphatic rings. The van der Waals surface area contributed by atoms with Gasteiger partial charge in [-0.1, -0.05) is 36.7 Å². The second-order valence-electron chi connectivity index (χ2n) is 9.73. The van der Waals surface area contributed by atoms with E-state index in [-0.39, 0.29) is 22.9 Å². The molecule has 0 heterocycles. The summed E-state index contributed by atoms with van der Waals surface area (Å²) in [4.78, 5) is 11.4. The summed E-state index contributed by atoms with van der Waals surface area (Å²) in [5, 5.41) is 12.8. The topological polar surface area (TPSA) is 58.9 Å². The molecule has 2 fully saturated rings. The number of ether oxygens (including phenoxy) is 1. The van der Waals surface area contributed by atoms with E-state index in [1.54, 1.807) is 0 Å². The van der Waals surface area contributed by atoms with Crippen LogP contribution in [0.25, 0.3) is 0 Å². The molecule has 0 aromatic rings. The van der Waals surface area contributed by atoms with Crippen LogP contribution in [0.2, 0.25) is 0 Å². The minimum atomic E-state index is -0.156. The summed E-state index contributed by atoms with van der Waals surface area (Å²) >= 11 is 0. The van der Waals surface area contributed by atoms with Crippen LogP contribution in [-0.4, -0.2) is 23.0 Å². The zero-order valence-corrected chi connectivity index (χ0v) is 17.1. The van der Waals surface area contributed by atoms with E-state index >= 15 is 0 Å². The largest absolute Gasteiger partial charge is 0.462 e. The molecule has 0 aliphatic heterocycles. The molecule has 0 aromatic heterocycles. The highest BCUT2D eigenvalue weighted by molar-refractivity contribution is 5.99. The molecule has 27 heavy (non-hydrogen) atoms. The number of esters is 1. The third-order valence-electron chi connectivity index (χ3n) is 8.51. The highest BCUT2D eigenvalue weighted by Gasteiger charge is 2.57. The van der Waals surface area contributed by atoms with Crippen LogP contribution in [0.5, 0.6) is 0 Å². The van der Waals surface area contributed by atoms with Gasteiger partial charge in [0.05, 0.1) is 5.71 Å². The van der Waals surface area contributed by atoms with Crippen LogP contribution in [0.4, 0.5) is 0 Å². The van der Waals surface area contributed by atoms with Gasteiger partial charge in [0, 0.05) is 13.3 Å².